The lowest BCUT2D eigenvalue weighted by Gasteiger charge is -2.07. The molecule has 0 aliphatic carbocycles. The number of Topliss-reactive ketones (excluding diaryl/α,β-unsaturated/α-hetero) is 1. The van der Waals surface area contributed by atoms with Crippen LogP contribution in [-0.4, -0.2) is 37.0 Å². The lowest BCUT2D eigenvalue weighted by atomic mass is 10.1. The number of aliphatic hydroxyl groups excluding tert-OH is 1. The van der Waals surface area contributed by atoms with E-state index in [1.165, 1.54) is 14.2 Å². The molecule has 0 aliphatic heterocycles. The molecule has 2 rings (SSSR count). The van der Waals surface area contributed by atoms with Gasteiger partial charge in [-0.25, -0.2) is 9.59 Å². The van der Waals surface area contributed by atoms with Crippen LogP contribution in [0.5, 0.6) is 0 Å². The Labute approximate surface area is 139 Å². The number of hydrogen-bond donors (Lipinski definition) is 1. The van der Waals surface area contributed by atoms with Gasteiger partial charge in [0, 0.05) is 5.56 Å². The fourth-order valence-corrected chi connectivity index (χ4v) is 1.68. The molecule has 0 spiro atoms. The van der Waals surface area contributed by atoms with Gasteiger partial charge in [0.05, 0.1) is 14.2 Å². The van der Waals surface area contributed by atoms with Crippen LogP contribution in [0.1, 0.15) is 22.0 Å². The Morgan fingerprint density at radius 3 is 1.79 bits per heavy atom. The molecule has 6 heteroatoms. The highest BCUT2D eigenvalue weighted by atomic mass is 16.5. The smallest absolute Gasteiger partial charge is 0.379 e. The van der Waals surface area contributed by atoms with Crippen molar-refractivity contribution in [2.75, 3.05) is 14.2 Å². The van der Waals surface area contributed by atoms with Crippen LogP contribution < -0.4 is 0 Å². The maximum absolute atomic E-state index is 11.1. The maximum atomic E-state index is 11.1. The second-order valence-electron chi connectivity index (χ2n) is 4.52. The maximum Gasteiger partial charge on any atom is 0.379 e. The Balaban J connectivity index is 0.000000240. The summed E-state index contributed by atoms with van der Waals surface area (Å²) in [5.41, 5.74) is 0.897. The number of hydrogen-bond acceptors (Lipinski definition) is 6. The highest BCUT2D eigenvalue weighted by Crippen LogP contribution is 2.12. The normalized spacial score (nSPS) is 10.6. The Morgan fingerprint density at radius 1 is 0.833 bits per heavy atom. The van der Waals surface area contributed by atoms with Gasteiger partial charge in [-0.1, -0.05) is 60.7 Å². The molecule has 0 saturated carbocycles. The topological polar surface area (TPSA) is 89.9 Å². The number of rotatable bonds is 4. The zero-order chi connectivity index (χ0) is 17.9. The largest absolute Gasteiger partial charge is 0.467 e. The summed E-state index contributed by atoms with van der Waals surface area (Å²) in [4.78, 5) is 32.7. The SMILES string of the molecule is COC(=O)C(=O)c1ccccc1.COC(=O)[C@H](O)c1ccccc1. The van der Waals surface area contributed by atoms with Crippen LogP contribution in [0.2, 0.25) is 0 Å². The molecular formula is C18H18O6. The fraction of sp³-hybridized carbons (Fsp3) is 0.167. The van der Waals surface area contributed by atoms with Crippen LogP contribution in [0.3, 0.4) is 0 Å². The summed E-state index contributed by atoms with van der Waals surface area (Å²) >= 11 is 0. The van der Waals surface area contributed by atoms with Crippen molar-refractivity contribution in [3.63, 3.8) is 0 Å². The molecule has 126 valence electrons. The summed E-state index contributed by atoms with van der Waals surface area (Å²) in [5.74, 6) is -2.08. The molecule has 0 unspecified atom stereocenters. The Bertz CT molecular complexity index is 666. The number of carbonyl (C=O) groups excluding carboxylic acids is 3. The zero-order valence-electron chi connectivity index (χ0n) is 13.3. The number of ether oxygens (including phenoxy) is 2. The second kappa shape index (κ2) is 9.91. The van der Waals surface area contributed by atoms with Crippen molar-refractivity contribution in [3.05, 3.63) is 71.8 Å². The van der Waals surface area contributed by atoms with Crippen molar-refractivity contribution < 1.29 is 29.0 Å². The van der Waals surface area contributed by atoms with Gasteiger partial charge in [0.2, 0.25) is 0 Å². The van der Waals surface area contributed by atoms with E-state index in [1.54, 1.807) is 54.6 Å². The minimum absolute atomic E-state index is 0.351. The molecule has 0 aliphatic rings. The molecule has 1 N–H and O–H groups in total. The Kier molecular flexibility index (Phi) is 7.87. The van der Waals surface area contributed by atoms with Gasteiger partial charge in [-0.3, -0.25) is 4.79 Å². The third-order valence-electron chi connectivity index (χ3n) is 2.95. The van der Waals surface area contributed by atoms with E-state index in [0.717, 1.165) is 0 Å². The van der Waals surface area contributed by atoms with Crippen molar-refractivity contribution in [2.45, 2.75) is 6.10 Å². The van der Waals surface area contributed by atoms with Crippen LogP contribution in [0.4, 0.5) is 0 Å². The summed E-state index contributed by atoms with van der Waals surface area (Å²) in [5, 5.41) is 9.31. The van der Waals surface area contributed by atoms with E-state index in [1.807, 2.05) is 6.07 Å². The summed E-state index contributed by atoms with van der Waals surface area (Å²) in [6.07, 6.45) is -1.17. The molecular weight excluding hydrogens is 312 g/mol. The average molecular weight is 330 g/mol. The van der Waals surface area contributed by atoms with E-state index in [2.05, 4.69) is 9.47 Å². The third kappa shape index (κ3) is 5.66. The Morgan fingerprint density at radius 2 is 1.33 bits per heavy atom. The highest BCUT2D eigenvalue weighted by Gasteiger charge is 2.16. The number of ketones is 1. The summed E-state index contributed by atoms with van der Waals surface area (Å²) < 4.78 is 8.66. The zero-order valence-corrected chi connectivity index (χ0v) is 13.3. The fourth-order valence-electron chi connectivity index (χ4n) is 1.68. The standard InChI is InChI=1S/C9H10O3.C9H8O3/c2*1-12-9(11)8(10)7-5-3-2-4-6-7/h2-6,8,10H,1H3;2-6H,1H3/t8-;/m1./s1. The predicted molar refractivity (Wildman–Crippen MR) is 86.2 cm³/mol. The van der Waals surface area contributed by atoms with Crippen molar-refractivity contribution in [1.29, 1.82) is 0 Å². The molecule has 0 radical (unpaired) electrons. The number of aliphatic hydroxyl groups is 1. The van der Waals surface area contributed by atoms with Crippen molar-refractivity contribution in [3.8, 4) is 0 Å². The molecule has 6 nitrogen and oxygen atoms in total. The molecule has 0 saturated heterocycles. The lowest BCUT2D eigenvalue weighted by molar-refractivity contribution is -0.150. The molecule has 2 aromatic rings. The quantitative estimate of drug-likeness (QED) is 0.523. The van der Waals surface area contributed by atoms with Gasteiger partial charge in [-0.05, 0) is 5.56 Å². The summed E-state index contributed by atoms with van der Waals surface area (Å²) in [6.45, 7) is 0. The van der Waals surface area contributed by atoms with Crippen LogP contribution in [-0.2, 0) is 19.1 Å². The van der Waals surface area contributed by atoms with Crippen molar-refractivity contribution in [1.82, 2.24) is 0 Å². The molecule has 0 fully saturated rings. The number of methoxy groups -OCH3 is 2. The molecule has 0 amide bonds. The van der Waals surface area contributed by atoms with E-state index in [4.69, 9.17) is 0 Å². The molecule has 24 heavy (non-hydrogen) atoms. The summed E-state index contributed by atoms with van der Waals surface area (Å²) in [7, 11) is 2.43. The average Bonchev–Trinajstić information content (AvgIpc) is 2.67. The van der Waals surface area contributed by atoms with Crippen molar-refractivity contribution >= 4 is 17.7 Å². The van der Waals surface area contributed by atoms with Gasteiger partial charge in [-0.15, -0.1) is 0 Å². The molecule has 1 atom stereocenters. The Hall–Kier alpha value is -2.99. The number of benzene rings is 2. The minimum Gasteiger partial charge on any atom is -0.467 e. The predicted octanol–water partition coefficient (Wildman–Crippen LogP) is 1.94. The van der Waals surface area contributed by atoms with E-state index < -0.39 is 23.8 Å². The number of esters is 2. The minimum atomic E-state index is -1.17. The number of carbonyl (C=O) groups is 3. The van der Waals surface area contributed by atoms with E-state index in [-0.39, 0.29) is 0 Å². The first-order chi connectivity index (χ1) is 11.5. The van der Waals surface area contributed by atoms with Gasteiger partial charge in [0.1, 0.15) is 0 Å². The van der Waals surface area contributed by atoms with Gasteiger partial charge in [0.15, 0.2) is 6.10 Å². The first kappa shape index (κ1) is 19.1. The first-order valence-electron chi connectivity index (χ1n) is 6.99. The summed E-state index contributed by atoms with van der Waals surface area (Å²) in [6, 6.07) is 16.9. The second-order valence-corrected chi connectivity index (χ2v) is 4.52. The highest BCUT2D eigenvalue weighted by molar-refractivity contribution is 6.40. The molecule has 2 aromatic carbocycles. The van der Waals surface area contributed by atoms with Gasteiger partial charge in [0.25, 0.3) is 5.78 Å². The van der Waals surface area contributed by atoms with E-state index >= 15 is 0 Å². The molecule has 0 heterocycles. The van der Waals surface area contributed by atoms with Crippen LogP contribution in [0.15, 0.2) is 60.7 Å². The van der Waals surface area contributed by atoms with Gasteiger partial charge < -0.3 is 14.6 Å². The molecule has 0 bridgehead atoms. The van der Waals surface area contributed by atoms with Crippen LogP contribution in [0, 0.1) is 0 Å². The van der Waals surface area contributed by atoms with E-state index in [9.17, 15) is 19.5 Å². The van der Waals surface area contributed by atoms with Crippen LogP contribution >= 0.6 is 0 Å². The lowest BCUT2D eigenvalue weighted by Crippen LogP contribution is -2.15. The van der Waals surface area contributed by atoms with Gasteiger partial charge in [-0.2, -0.15) is 0 Å². The van der Waals surface area contributed by atoms with E-state index in [0.29, 0.717) is 11.1 Å². The third-order valence-corrected chi connectivity index (χ3v) is 2.95. The van der Waals surface area contributed by atoms with Crippen LogP contribution in [0.25, 0.3) is 0 Å². The first-order valence-corrected chi connectivity index (χ1v) is 6.99. The van der Waals surface area contributed by atoms with Crippen molar-refractivity contribution in [2.24, 2.45) is 0 Å². The molecule has 0 aromatic heterocycles. The monoisotopic (exact) mass is 330 g/mol. The van der Waals surface area contributed by atoms with Gasteiger partial charge >= 0.3 is 11.9 Å².